The predicted octanol–water partition coefficient (Wildman–Crippen LogP) is 1.35. The van der Waals surface area contributed by atoms with Gasteiger partial charge in [-0.3, -0.25) is 9.59 Å². The molecule has 1 aromatic heterocycles. The smallest absolute Gasteiger partial charge is 0.267 e. The van der Waals surface area contributed by atoms with Crippen LogP contribution in [0, 0.1) is 5.92 Å². The van der Waals surface area contributed by atoms with Crippen LogP contribution in [-0.2, 0) is 11.3 Å². The molecular formula is C21H29N5O3. The SMILES string of the molecule is COc1ccc(N2CCN(c3ccc(=O)n(CC(=O)NCC(C)C)n3)CC2)cc1. The van der Waals surface area contributed by atoms with Gasteiger partial charge in [-0.2, -0.15) is 5.10 Å². The number of hydrogen-bond donors (Lipinski definition) is 1. The van der Waals surface area contributed by atoms with E-state index in [0.717, 1.165) is 43.4 Å². The number of rotatable bonds is 7. The Morgan fingerprint density at radius 3 is 2.34 bits per heavy atom. The molecular weight excluding hydrogens is 370 g/mol. The van der Waals surface area contributed by atoms with Crippen molar-refractivity contribution in [3.8, 4) is 5.75 Å². The van der Waals surface area contributed by atoms with E-state index in [1.165, 1.54) is 10.7 Å². The highest BCUT2D eigenvalue weighted by Crippen LogP contribution is 2.21. The van der Waals surface area contributed by atoms with E-state index in [1.54, 1.807) is 13.2 Å². The summed E-state index contributed by atoms with van der Waals surface area (Å²) in [5.74, 6) is 1.72. The number of amides is 1. The zero-order valence-corrected chi connectivity index (χ0v) is 17.3. The van der Waals surface area contributed by atoms with Crippen LogP contribution in [0.4, 0.5) is 11.5 Å². The fraction of sp³-hybridized carbons (Fsp3) is 0.476. The van der Waals surface area contributed by atoms with E-state index in [-0.39, 0.29) is 18.0 Å². The molecule has 29 heavy (non-hydrogen) atoms. The van der Waals surface area contributed by atoms with Gasteiger partial charge in [-0.05, 0) is 36.2 Å². The molecule has 0 atom stereocenters. The van der Waals surface area contributed by atoms with Gasteiger partial charge >= 0.3 is 0 Å². The molecule has 1 aliphatic rings. The lowest BCUT2D eigenvalue weighted by Crippen LogP contribution is -2.47. The third kappa shape index (κ3) is 5.49. The molecule has 8 heteroatoms. The first-order valence-corrected chi connectivity index (χ1v) is 9.95. The molecule has 1 aliphatic heterocycles. The van der Waals surface area contributed by atoms with Crippen LogP contribution < -0.4 is 25.4 Å². The molecule has 3 rings (SSSR count). The first-order valence-electron chi connectivity index (χ1n) is 9.95. The Bertz CT molecular complexity index is 871. The van der Waals surface area contributed by atoms with Gasteiger partial charge in [0.05, 0.1) is 7.11 Å². The molecule has 8 nitrogen and oxygen atoms in total. The van der Waals surface area contributed by atoms with Crippen LogP contribution in [0.3, 0.4) is 0 Å². The fourth-order valence-corrected chi connectivity index (χ4v) is 3.22. The zero-order chi connectivity index (χ0) is 20.8. The highest BCUT2D eigenvalue weighted by Gasteiger charge is 2.19. The predicted molar refractivity (Wildman–Crippen MR) is 114 cm³/mol. The summed E-state index contributed by atoms with van der Waals surface area (Å²) in [5.41, 5.74) is 0.885. The monoisotopic (exact) mass is 399 g/mol. The number of nitrogens with zero attached hydrogens (tertiary/aromatic N) is 4. The van der Waals surface area contributed by atoms with Crippen molar-refractivity contribution < 1.29 is 9.53 Å². The van der Waals surface area contributed by atoms with Crippen LogP contribution >= 0.6 is 0 Å². The number of ether oxygens (including phenoxy) is 1. The Hall–Kier alpha value is -3.03. The Balaban J connectivity index is 1.61. The molecule has 0 unspecified atom stereocenters. The van der Waals surface area contributed by atoms with Gasteiger partial charge in [-0.25, -0.2) is 4.68 Å². The van der Waals surface area contributed by atoms with Gasteiger partial charge in [0.25, 0.3) is 5.56 Å². The van der Waals surface area contributed by atoms with E-state index >= 15 is 0 Å². The first kappa shape index (κ1) is 20.7. The highest BCUT2D eigenvalue weighted by atomic mass is 16.5. The minimum atomic E-state index is -0.273. The van der Waals surface area contributed by atoms with Gasteiger partial charge in [0, 0.05) is 44.5 Å². The average Bonchev–Trinajstić information content (AvgIpc) is 2.74. The number of carbonyl (C=O) groups is 1. The summed E-state index contributed by atoms with van der Waals surface area (Å²) in [6, 6.07) is 11.3. The van der Waals surface area contributed by atoms with Crippen molar-refractivity contribution in [3.05, 3.63) is 46.8 Å². The second kappa shape index (κ2) is 9.45. The lowest BCUT2D eigenvalue weighted by Gasteiger charge is -2.36. The maximum atomic E-state index is 12.1. The summed E-state index contributed by atoms with van der Waals surface area (Å²) in [6.07, 6.45) is 0. The zero-order valence-electron chi connectivity index (χ0n) is 17.3. The molecule has 1 saturated heterocycles. The summed E-state index contributed by atoms with van der Waals surface area (Å²) >= 11 is 0. The summed E-state index contributed by atoms with van der Waals surface area (Å²) < 4.78 is 6.45. The Morgan fingerprint density at radius 2 is 1.72 bits per heavy atom. The molecule has 156 valence electrons. The second-order valence-corrected chi connectivity index (χ2v) is 7.56. The van der Waals surface area contributed by atoms with Gasteiger partial charge in [-0.1, -0.05) is 13.8 Å². The molecule has 0 saturated carbocycles. The molecule has 1 aromatic carbocycles. The first-order chi connectivity index (χ1) is 14.0. The van der Waals surface area contributed by atoms with Gasteiger partial charge in [0.15, 0.2) is 0 Å². The van der Waals surface area contributed by atoms with Crippen LogP contribution in [0.25, 0.3) is 0 Å². The number of benzene rings is 1. The number of aromatic nitrogens is 2. The number of carbonyl (C=O) groups excluding carboxylic acids is 1. The van der Waals surface area contributed by atoms with E-state index in [4.69, 9.17) is 4.74 Å². The third-order valence-corrected chi connectivity index (χ3v) is 4.89. The highest BCUT2D eigenvalue weighted by molar-refractivity contribution is 5.75. The number of anilines is 2. The van der Waals surface area contributed by atoms with Crippen LogP contribution in [0.15, 0.2) is 41.2 Å². The molecule has 0 spiro atoms. The van der Waals surface area contributed by atoms with Gasteiger partial charge < -0.3 is 19.9 Å². The number of piperazine rings is 1. The van der Waals surface area contributed by atoms with E-state index in [0.29, 0.717) is 12.5 Å². The maximum absolute atomic E-state index is 12.1. The van der Waals surface area contributed by atoms with Crippen molar-refractivity contribution in [2.24, 2.45) is 5.92 Å². The van der Waals surface area contributed by atoms with Crippen molar-refractivity contribution in [1.82, 2.24) is 15.1 Å². The van der Waals surface area contributed by atoms with Gasteiger partial charge in [-0.15, -0.1) is 0 Å². The maximum Gasteiger partial charge on any atom is 0.267 e. The molecule has 2 heterocycles. The minimum Gasteiger partial charge on any atom is -0.497 e. The van der Waals surface area contributed by atoms with E-state index in [2.05, 4.69) is 32.3 Å². The van der Waals surface area contributed by atoms with Crippen molar-refractivity contribution in [3.63, 3.8) is 0 Å². The average molecular weight is 399 g/mol. The van der Waals surface area contributed by atoms with Crippen molar-refractivity contribution in [2.75, 3.05) is 49.6 Å². The second-order valence-electron chi connectivity index (χ2n) is 7.56. The van der Waals surface area contributed by atoms with E-state index < -0.39 is 0 Å². The topological polar surface area (TPSA) is 79.7 Å². The summed E-state index contributed by atoms with van der Waals surface area (Å²) in [5, 5.41) is 7.24. The standard InChI is InChI=1S/C21H29N5O3/c1-16(2)14-22-20(27)15-26-21(28)9-8-19(23-26)25-12-10-24(11-13-25)17-4-6-18(29-3)7-5-17/h4-9,16H,10-15H2,1-3H3,(H,22,27). The van der Waals surface area contributed by atoms with Crippen LogP contribution in [-0.4, -0.2) is 55.5 Å². The molecule has 0 bridgehead atoms. The van der Waals surface area contributed by atoms with Crippen molar-refractivity contribution >= 4 is 17.4 Å². The largest absolute Gasteiger partial charge is 0.497 e. The van der Waals surface area contributed by atoms with Gasteiger partial charge in [0.1, 0.15) is 18.1 Å². The number of methoxy groups -OCH3 is 1. The minimum absolute atomic E-state index is 0.0643. The third-order valence-electron chi connectivity index (χ3n) is 4.89. The number of nitrogens with one attached hydrogen (secondary N) is 1. The van der Waals surface area contributed by atoms with Crippen molar-refractivity contribution in [1.29, 1.82) is 0 Å². The summed E-state index contributed by atoms with van der Waals surface area (Å²) in [4.78, 5) is 28.6. The molecule has 0 radical (unpaired) electrons. The molecule has 0 aliphatic carbocycles. The van der Waals surface area contributed by atoms with Gasteiger partial charge in [0.2, 0.25) is 5.91 Å². The fourth-order valence-electron chi connectivity index (χ4n) is 3.22. The summed E-state index contributed by atoms with van der Waals surface area (Å²) in [7, 11) is 1.66. The lowest BCUT2D eigenvalue weighted by molar-refractivity contribution is -0.122. The molecule has 1 fully saturated rings. The lowest BCUT2D eigenvalue weighted by atomic mass is 10.2. The summed E-state index contributed by atoms with van der Waals surface area (Å²) in [6.45, 7) is 7.84. The van der Waals surface area contributed by atoms with E-state index in [1.807, 2.05) is 26.0 Å². The molecule has 1 N–H and O–H groups in total. The molecule has 1 amide bonds. The van der Waals surface area contributed by atoms with E-state index in [9.17, 15) is 9.59 Å². The molecule has 2 aromatic rings. The Labute approximate surface area is 171 Å². The Morgan fingerprint density at radius 1 is 1.07 bits per heavy atom. The normalized spacial score (nSPS) is 14.2. The van der Waals surface area contributed by atoms with Crippen LogP contribution in [0.1, 0.15) is 13.8 Å². The van der Waals surface area contributed by atoms with Crippen molar-refractivity contribution in [2.45, 2.75) is 20.4 Å². The van der Waals surface area contributed by atoms with Crippen LogP contribution in [0.2, 0.25) is 0 Å². The Kier molecular flexibility index (Phi) is 6.74. The quantitative estimate of drug-likeness (QED) is 0.757. The van der Waals surface area contributed by atoms with Crippen LogP contribution in [0.5, 0.6) is 5.75 Å². The number of hydrogen-bond acceptors (Lipinski definition) is 6.